The minimum Gasteiger partial charge on any atom is -0.325 e. The summed E-state index contributed by atoms with van der Waals surface area (Å²) in [6, 6.07) is 10.4. The second-order valence-corrected chi connectivity index (χ2v) is 4.99. The molecule has 1 heterocycles. The lowest BCUT2D eigenvalue weighted by Gasteiger charge is -2.25. The van der Waals surface area contributed by atoms with Crippen LogP contribution in [0.3, 0.4) is 0 Å². The predicted molar refractivity (Wildman–Crippen MR) is 70.6 cm³/mol. The Kier molecular flexibility index (Phi) is 3.72. The Hall–Kier alpha value is -1.74. The number of hydrogen-bond donors (Lipinski definition) is 1. The molecule has 0 saturated heterocycles. The highest BCUT2D eigenvalue weighted by Crippen LogP contribution is 2.16. The zero-order valence-electron chi connectivity index (χ0n) is 10.4. The largest absolute Gasteiger partial charge is 0.325 e. The van der Waals surface area contributed by atoms with Gasteiger partial charge in [-0.3, -0.25) is 4.98 Å². The lowest BCUT2D eigenvalue weighted by molar-refractivity contribution is 0.462. The molecular formula is C15H17FN2. The van der Waals surface area contributed by atoms with E-state index in [0.717, 1.165) is 24.0 Å². The Balaban J connectivity index is 2.05. The lowest BCUT2D eigenvalue weighted by Crippen LogP contribution is -2.40. The van der Waals surface area contributed by atoms with Gasteiger partial charge in [0.1, 0.15) is 5.82 Å². The van der Waals surface area contributed by atoms with Crippen molar-refractivity contribution in [3.05, 3.63) is 65.7 Å². The minimum absolute atomic E-state index is 0.216. The fourth-order valence-electron chi connectivity index (χ4n) is 2.10. The maximum atomic E-state index is 12.8. The van der Waals surface area contributed by atoms with Gasteiger partial charge >= 0.3 is 0 Å². The summed E-state index contributed by atoms with van der Waals surface area (Å²) in [6.45, 7) is 2.01. The van der Waals surface area contributed by atoms with Gasteiger partial charge in [-0.2, -0.15) is 0 Å². The third-order valence-corrected chi connectivity index (χ3v) is 2.88. The molecule has 0 bridgehead atoms. The third kappa shape index (κ3) is 3.64. The molecular weight excluding hydrogens is 227 g/mol. The SMILES string of the molecule is CC(N)(Cc1ccncc1)Cc1ccc(F)cc1. The summed E-state index contributed by atoms with van der Waals surface area (Å²) in [4.78, 5) is 3.99. The molecule has 2 aromatic rings. The molecule has 0 aliphatic carbocycles. The maximum Gasteiger partial charge on any atom is 0.123 e. The number of halogens is 1. The fraction of sp³-hybridized carbons (Fsp3) is 0.267. The summed E-state index contributed by atoms with van der Waals surface area (Å²) in [5.74, 6) is -0.216. The summed E-state index contributed by atoms with van der Waals surface area (Å²) >= 11 is 0. The van der Waals surface area contributed by atoms with E-state index in [0.29, 0.717) is 0 Å². The molecule has 94 valence electrons. The predicted octanol–water partition coefficient (Wildman–Crippen LogP) is 2.72. The van der Waals surface area contributed by atoms with Crippen LogP contribution in [-0.4, -0.2) is 10.5 Å². The first-order valence-electron chi connectivity index (χ1n) is 5.97. The van der Waals surface area contributed by atoms with Gasteiger partial charge in [0, 0.05) is 17.9 Å². The Morgan fingerprint density at radius 3 is 2.06 bits per heavy atom. The third-order valence-electron chi connectivity index (χ3n) is 2.88. The van der Waals surface area contributed by atoms with E-state index in [1.807, 2.05) is 19.1 Å². The van der Waals surface area contributed by atoms with E-state index >= 15 is 0 Å². The van der Waals surface area contributed by atoms with Gasteiger partial charge in [0.25, 0.3) is 0 Å². The van der Waals surface area contributed by atoms with Crippen LogP contribution in [0, 0.1) is 5.82 Å². The highest BCUT2D eigenvalue weighted by Gasteiger charge is 2.19. The van der Waals surface area contributed by atoms with Gasteiger partial charge in [-0.25, -0.2) is 4.39 Å². The summed E-state index contributed by atoms with van der Waals surface area (Å²) in [5.41, 5.74) is 8.17. The molecule has 0 fully saturated rings. The van der Waals surface area contributed by atoms with Crippen molar-refractivity contribution in [1.82, 2.24) is 4.98 Å². The van der Waals surface area contributed by atoms with E-state index in [-0.39, 0.29) is 11.4 Å². The number of rotatable bonds is 4. The lowest BCUT2D eigenvalue weighted by atomic mass is 9.88. The van der Waals surface area contributed by atoms with Crippen LogP contribution in [0.15, 0.2) is 48.8 Å². The van der Waals surface area contributed by atoms with Crippen molar-refractivity contribution < 1.29 is 4.39 Å². The number of hydrogen-bond acceptors (Lipinski definition) is 2. The van der Waals surface area contributed by atoms with Crippen LogP contribution >= 0.6 is 0 Å². The zero-order valence-corrected chi connectivity index (χ0v) is 10.4. The monoisotopic (exact) mass is 244 g/mol. The zero-order chi connectivity index (χ0) is 13.0. The average molecular weight is 244 g/mol. The molecule has 1 aromatic carbocycles. The number of aromatic nitrogens is 1. The molecule has 1 unspecified atom stereocenters. The van der Waals surface area contributed by atoms with Gasteiger partial charge in [-0.15, -0.1) is 0 Å². The van der Waals surface area contributed by atoms with Gasteiger partial charge in [0.05, 0.1) is 0 Å². The normalized spacial score (nSPS) is 14.2. The Morgan fingerprint density at radius 1 is 1.00 bits per heavy atom. The van der Waals surface area contributed by atoms with Crippen molar-refractivity contribution in [3.63, 3.8) is 0 Å². The molecule has 0 radical (unpaired) electrons. The Labute approximate surface area is 107 Å². The highest BCUT2D eigenvalue weighted by atomic mass is 19.1. The molecule has 0 aliphatic rings. The second kappa shape index (κ2) is 5.27. The molecule has 1 atom stereocenters. The van der Waals surface area contributed by atoms with Crippen LogP contribution in [0.5, 0.6) is 0 Å². The molecule has 2 rings (SSSR count). The number of pyridine rings is 1. The minimum atomic E-state index is -0.348. The molecule has 0 amide bonds. The van der Waals surface area contributed by atoms with Crippen molar-refractivity contribution in [2.24, 2.45) is 5.73 Å². The van der Waals surface area contributed by atoms with Crippen molar-refractivity contribution in [2.75, 3.05) is 0 Å². The van der Waals surface area contributed by atoms with E-state index in [4.69, 9.17) is 5.73 Å². The summed E-state index contributed by atoms with van der Waals surface area (Å²) in [6.07, 6.45) is 5.02. The molecule has 2 nitrogen and oxygen atoms in total. The molecule has 0 aliphatic heterocycles. The van der Waals surface area contributed by atoms with E-state index in [1.165, 1.54) is 12.1 Å². The van der Waals surface area contributed by atoms with Crippen LogP contribution in [-0.2, 0) is 12.8 Å². The van der Waals surface area contributed by atoms with Crippen LogP contribution in [0.25, 0.3) is 0 Å². The first-order chi connectivity index (χ1) is 8.55. The van der Waals surface area contributed by atoms with Crippen LogP contribution in [0.4, 0.5) is 4.39 Å². The molecule has 3 heteroatoms. The summed E-state index contributed by atoms with van der Waals surface area (Å²) in [5, 5.41) is 0. The fourth-order valence-corrected chi connectivity index (χ4v) is 2.10. The first kappa shape index (κ1) is 12.7. The number of nitrogens with two attached hydrogens (primary N) is 1. The second-order valence-electron chi connectivity index (χ2n) is 4.99. The van der Waals surface area contributed by atoms with Gasteiger partial charge in [-0.1, -0.05) is 12.1 Å². The van der Waals surface area contributed by atoms with Crippen LogP contribution in [0.2, 0.25) is 0 Å². The summed E-state index contributed by atoms with van der Waals surface area (Å²) in [7, 11) is 0. The highest BCUT2D eigenvalue weighted by molar-refractivity contribution is 5.21. The average Bonchev–Trinajstić information content (AvgIpc) is 2.32. The van der Waals surface area contributed by atoms with Gasteiger partial charge in [0.15, 0.2) is 0 Å². The van der Waals surface area contributed by atoms with Gasteiger partial charge in [-0.05, 0) is 55.2 Å². The molecule has 0 spiro atoms. The Morgan fingerprint density at radius 2 is 1.50 bits per heavy atom. The van der Waals surface area contributed by atoms with Crippen LogP contribution < -0.4 is 5.73 Å². The van der Waals surface area contributed by atoms with Crippen molar-refractivity contribution >= 4 is 0 Å². The van der Waals surface area contributed by atoms with Crippen molar-refractivity contribution in [3.8, 4) is 0 Å². The van der Waals surface area contributed by atoms with Crippen molar-refractivity contribution in [1.29, 1.82) is 0 Å². The van der Waals surface area contributed by atoms with Crippen molar-refractivity contribution in [2.45, 2.75) is 25.3 Å². The topological polar surface area (TPSA) is 38.9 Å². The maximum absolute atomic E-state index is 12.8. The molecule has 1 aromatic heterocycles. The summed E-state index contributed by atoms with van der Waals surface area (Å²) < 4.78 is 12.8. The first-order valence-corrected chi connectivity index (χ1v) is 5.97. The van der Waals surface area contributed by atoms with Crippen LogP contribution in [0.1, 0.15) is 18.1 Å². The van der Waals surface area contributed by atoms with Gasteiger partial charge in [0.2, 0.25) is 0 Å². The molecule has 18 heavy (non-hydrogen) atoms. The molecule has 0 saturated carbocycles. The Bertz CT molecular complexity index is 492. The number of nitrogens with zero attached hydrogens (tertiary/aromatic N) is 1. The van der Waals surface area contributed by atoms with E-state index in [2.05, 4.69) is 4.98 Å². The van der Waals surface area contributed by atoms with E-state index < -0.39 is 0 Å². The van der Waals surface area contributed by atoms with Gasteiger partial charge < -0.3 is 5.73 Å². The van der Waals surface area contributed by atoms with E-state index in [1.54, 1.807) is 24.5 Å². The van der Waals surface area contributed by atoms with E-state index in [9.17, 15) is 4.39 Å². The quantitative estimate of drug-likeness (QED) is 0.898. The molecule has 2 N–H and O–H groups in total. The standard InChI is InChI=1S/C15H17FN2/c1-15(17,11-13-6-8-18-9-7-13)10-12-2-4-14(16)5-3-12/h2-9H,10-11,17H2,1H3. The smallest absolute Gasteiger partial charge is 0.123 e. The number of benzene rings is 1.